The van der Waals surface area contributed by atoms with E-state index in [0.717, 1.165) is 5.56 Å². The lowest BCUT2D eigenvalue weighted by molar-refractivity contribution is -0.116. The minimum absolute atomic E-state index is 0.155. The van der Waals surface area contributed by atoms with Crippen LogP contribution in [0.25, 0.3) is 22.2 Å². The van der Waals surface area contributed by atoms with Crippen molar-refractivity contribution in [1.82, 2.24) is 14.5 Å². The highest BCUT2D eigenvalue weighted by atomic mass is 32.1. The van der Waals surface area contributed by atoms with Gasteiger partial charge in [0.1, 0.15) is 18.0 Å². The van der Waals surface area contributed by atoms with Crippen LogP contribution in [0.15, 0.2) is 59.0 Å². The number of carbonyl (C=O) groups excluding carboxylic acids is 1. The van der Waals surface area contributed by atoms with Crippen LogP contribution in [-0.2, 0) is 11.3 Å². The highest BCUT2D eigenvalue weighted by molar-refractivity contribution is 7.14. The first-order valence-electron chi connectivity index (χ1n) is 9.01. The van der Waals surface area contributed by atoms with E-state index in [1.807, 2.05) is 23.6 Å². The van der Waals surface area contributed by atoms with Gasteiger partial charge in [0.25, 0.3) is 5.56 Å². The summed E-state index contributed by atoms with van der Waals surface area (Å²) in [6.07, 6.45) is 1.37. The summed E-state index contributed by atoms with van der Waals surface area (Å²) in [5.41, 5.74) is 1.78. The average Bonchev–Trinajstić information content (AvgIpc) is 3.23. The standard InChI is InChI=1S/C21H18N4O4S/c1-28-13-7-8-14(18(9-13)29-2)17-11-30-21(23-17)24-19(26)10-25-12-22-16-6-4-3-5-15(16)20(25)27/h3-9,11-12H,10H2,1-2H3,(H,23,24,26). The SMILES string of the molecule is COc1ccc(-c2csc(NC(=O)Cn3cnc4ccccc4c3=O)n2)c(OC)c1. The molecule has 4 aromatic rings. The molecule has 0 bridgehead atoms. The fraction of sp³-hybridized carbons (Fsp3) is 0.143. The van der Waals surface area contributed by atoms with E-state index in [1.165, 1.54) is 22.2 Å². The molecule has 0 aliphatic rings. The zero-order valence-electron chi connectivity index (χ0n) is 16.3. The van der Waals surface area contributed by atoms with Gasteiger partial charge in [-0.15, -0.1) is 11.3 Å². The molecule has 0 unspecified atom stereocenters. The van der Waals surface area contributed by atoms with Gasteiger partial charge >= 0.3 is 0 Å². The molecular formula is C21H18N4O4S. The molecule has 0 spiro atoms. The van der Waals surface area contributed by atoms with Crippen molar-refractivity contribution in [2.24, 2.45) is 0 Å². The Morgan fingerprint density at radius 2 is 2.00 bits per heavy atom. The summed E-state index contributed by atoms with van der Waals surface area (Å²) >= 11 is 1.29. The molecule has 8 nitrogen and oxygen atoms in total. The fourth-order valence-corrected chi connectivity index (χ4v) is 3.72. The third-order valence-electron chi connectivity index (χ3n) is 4.48. The fourth-order valence-electron chi connectivity index (χ4n) is 3.00. The second kappa shape index (κ2) is 8.34. The third-order valence-corrected chi connectivity index (χ3v) is 5.24. The Hall–Kier alpha value is -3.72. The number of ether oxygens (including phenoxy) is 2. The lowest BCUT2D eigenvalue weighted by Crippen LogP contribution is -2.27. The minimum Gasteiger partial charge on any atom is -0.497 e. The van der Waals surface area contributed by atoms with Crippen molar-refractivity contribution < 1.29 is 14.3 Å². The molecule has 152 valence electrons. The van der Waals surface area contributed by atoms with Gasteiger partial charge in [0, 0.05) is 17.0 Å². The molecule has 1 N–H and O–H groups in total. The molecule has 0 saturated heterocycles. The van der Waals surface area contributed by atoms with E-state index in [0.29, 0.717) is 33.2 Å². The van der Waals surface area contributed by atoms with Crippen LogP contribution in [0.2, 0.25) is 0 Å². The van der Waals surface area contributed by atoms with Crippen LogP contribution < -0.4 is 20.3 Å². The first-order chi connectivity index (χ1) is 14.6. The molecule has 0 aliphatic carbocycles. The zero-order valence-corrected chi connectivity index (χ0v) is 17.1. The quantitative estimate of drug-likeness (QED) is 0.513. The molecule has 0 atom stereocenters. The number of hydrogen-bond acceptors (Lipinski definition) is 7. The van der Waals surface area contributed by atoms with Crippen molar-refractivity contribution in [2.75, 3.05) is 19.5 Å². The van der Waals surface area contributed by atoms with E-state index in [9.17, 15) is 9.59 Å². The number of nitrogens with one attached hydrogen (secondary N) is 1. The topological polar surface area (TPSA) is 95.3 Å². The number of para-hydroxylation sites is 1. The summed E-state index contributed by atoms with van der Waals surface area (Å²) in [6.45, 7) is -0.155. The first-order valence-corrected chi connectivity index (χ1v) is 9.89. The molecule has 1 amide bonds. The van der Waals surface area contributed by atoms with Gasteiger partial charge in [0.2, 0.25) is 5.91 Å². The number of nitrogens with zero attached hydrogens (tertiary/aromatic N) is 3. The number of anilines is 1. The van der Waals surface area contributed by atoms with Gasteiger partial charge in [-0.2, -0.15) is 0 Å². The number of amides is 1. The lowest BCUT2D eigenvalue weighted by atomic mass is 10.1. The van der Waals surface area contributed by atoms with Crippen LogP contribution in [0.1, 0.15) is 0 Å². The Bertz CT molecular complexity index is 1280. The van der Waals surface area contributed by atoms with Crippen LogP contribution in [0.3, 0.4) is 0 Å². The van der Waals surface area contributed by atoms with E-state index in [-0.39, 0.29) is 18.0 Å². The Labute approximate surface area is 175 Å². The largest absolute Gasteiger partial charge is 0.497 e. The molecule has 0 aliphatic heterocycles. The van der Waals surface area contributed by atoms with Gasteiger partial charge in [-0.05, 0) is 24.3 Å². The van der Waals surface area contributed by atoms with Crippen LogP contribution in [0.4, 0.5) is 5.13 Å². The van der Waals surface area contributed by atoms with E-state index >= 15 is 0 Å². The zero-order chi connectivity index (χ0) is 21.1. The summed E-state index contributed by atoms with van der Waals surface area (Å²) in [4.78, 5) is 33.7. The summed E-state index contributed by atoms with van der Waals surface area (Å²) in [6, 6.07) is 12.4. The number of carbonyl (C=O) groups is 1. The normalized spacial score (nSPS) is 10.7. The van der Waals surface area contributed by atoms with Crippen LogP contribution in [-0.4, -0.2) is 34.7 Å². The molecule has 4 rings (SSSR count). The van der Waals surface area contributed by atoms with E-state index in [2.05, 4.69) is 15.3 Å². The Morgan fingerprint density at radius 1 is 1.17 bits per heavy atom. The second-order valence-electron chi connectivity index (χ2n) is 6.35. The maximum absolute atomic E-state index is 12.5. The van der Waals surface area contributed by atoms with Crippen molar-refractivity contribution in [3.8, 4) is 22.8 Å². The average molecular weight is 422 g/mol. The first kappa shape index (κ1) is 19.6. The Kier molecular flexibility index (Phi) is 5.44. The molecular weight excluding hydrogens is 404 g/mol. The molecule has 0 radical (unpaired) electrons. The van der Waals surface area contributed by atoms with E-state index in [4.69, 9.17) is 9.47 Å². The number of hydrogen-bond donors (Lipinski definition) is 1. The Morgan fingerprint density at radius 3 is 2.80 bits per heavy atom. The summed E-state index contributed by atoms with van der Waals surface area (Å²) in [5.74, 6) is 0.928. The van der Waals surface area contributed by atoms with Gasteiger partial charge < -0.3 is 14.8 Å². The van der Waals surface area contributed by atoms with Crippen molar-refractivity contribution >= 4 is 33.3 Å². The summed E-state index contributed by atoms with van der Waals surface area (Å²) in [7, 11) is 3.16. The van der Waals surface area contributed by atoms with Gasteiger partial charge in [-0.25, -0.2) is 9.97 Å². The van der Waals surface area contributed by atoms with Crippen LogP contribution >= 0.6 is 11.3 Å². The number of methoxy groups -OCH3 is 2. The monoisotopic (exact) mass is 422 g/mol. The molecule has 30 heavy (non-hydrogen) atoms. The van der Waals surface area contributed by atoms with Crippen molar-refractivity contribution in [1.29, 1.82) is 0 Å². The second-order valence-corrected chi connectivity index (χ2v) is 7.21. The number of thiazole rings is 1. The highest BCUT2D eigenvalue weighted by Crippen LogP contribution is 2.34. The smallest absolute Gasteiger partial charge is 0.261 e. The summed E-state index contributed by atoms with van der Waals surface area (Å²) in [5, 5.41) is 5.45. The maximum Gasteiger partial charge on any atom is 0.261 e. The van der Waals surface area contributed by atoms with Crippen molar-refractivity contribution in [3.63, 3.8) is 0 Å². The molecule has 2 aromatic carbocycles. The van der Waals surface area contributed by atoms with Gasteiger partial charge in [-0.1, -0.05) is 12.1 Å². The predicted molar refractivity (Wildman–Crippen MR) is 115 cm³/mol. The van der Waals surface area contributed by atoms with E-state index in [1.54, 1.807) is 38.5 Å². The Balaban J connectivity index is 1.51. The number of fused-ring (bicyclic) bond motifs is 1. The van der Waals surface area contributed by atoms with Crippen LogP contribution in [0.5, 0.6) is 11.5 Å². The summed E-state index contributed by atoms with van der Waals surface area (Å²) < 4.78 is 11.9. The van der Waals surface area contributed by atoms with Crippen LogP contribution in [0, 0.1) is 0 Å². The lowest BCUT2D eigenvalue weighted by Gasteiger charge is -2.08. The number of rotatable bonds is 6. The molecule has 2 heterocycles. The molecule has 0 fully saturated rings. The van der Waals surface area contributed by atoms with Gasteiger partial charge in [-0.3, -0.25) is 14.2 Å². The van der Waals surface area contributed by atoms with E-state index < -0.39 is 0 Å². The third kappa shape index (κ3) is 3.87. The van der Waals surface area contributed by atoms with Gasteiger partial charge in [0.15, 0.2) is 5.13 Å². The maximum atomic E-state index is 12.5. The minimum atomic E-state index is -0.364. The molecule has 9 heteroatoms. The molecule has 2 aromatic heterocycles. The van der Waals surface area contributed by atoms with Crippen molar-refractivity contribution in [3.05, 3.63) is 64.5 Å². The number of benzene rings is 2. The van der Waals surface area contributed by atoms with Crippen molar-refractivity contribution in [2.45, 2.75) is 6.54 Å². The highest BCUT2D eigenvalue weighted by Gasteiger charge is 2.14. The van der Waals surface area contributed by atoms with Gasteiger partial charge in [0.05, 0.1) is 37.1 Å². The number of aromatic nitrogens is 3. The molecule has 0 saturated carbocycles. The predicted octanol–water partition coefficient (Wildman–Crippen LogP) is 3.18.